The summed E-state index contributed by atoms with van der Waals surface area (Å²) in [5.74, 6) is 2.08. The molecule has 21 heavy (non-hydrogen) atoms. The van der Waals surface area contributed by atoms with Gasteiger partial charge in [-0.15, -0.1) is 0 Å². The summed E-state index contributed by atoms with van der Waals surface area (Å²) < 4.78 is 16.2. The van der Waals surface area contributed by atoms with E-state index in [2.05, 4.69) is 10.3 Å². The van der Waals surface area contributed by atoms with Crippen LogP contribution < -0.4 is 19.5 Å². The molecular weight excluding hydrogens is 268 g/mol. The number of hydrogen-bond donors (Lipinski definition) is 1. The molecule has 1 aromatic carbocycles. The van der Waals surface area contributed by atoms with Gasteiger partial charge in [-0.1, -0.05) is 6.07 Å². The predicted octanol–water partition coefficient (Wildman–Crippen LogP) is 2.40. The number of methoxy groups -OCH3 is 2. The second-order valence-electron chi connectivity index (χ2n) is 4.53. The highest BCUT2D eigenvalue weighted by Gasteiger charge is 2.04. The lowest BCUT2D eigenvalue weighted by Gasteiger charge is -2.10. The van der Waals surface area contributed by atoms with Gasteiger partial charge < -0.3 is 19.5 Å². The number of pyridine rings is 1. The Morgan fingerprint density at radius 2 is 1.67 bits per heavy atom. The van der Waals surface area contributed by atoms with Crippen molar-refractivity contribution < 1.29 is 14.2 Å². The normalized spacial score (nSPS) is 10.2. The summed E-state index contributed by atoms with van der Waals surface area (Å²) in [5, 5.41) is 3.09. The van der Waals surface area contributed by atoms with Crippen molar-refractivity contribution in [3.63, 3.8) is 0 Å². The van der Waals surface area contributed by atoms with E-state index in [-0.39, 0.29) is 0 Å². The third-order valence-electron chi connectivity index (χ3n) is 2.98. The van der Waals surface area contributed by atoms with Crippen molar-refractivity contribution in [2.24, 2.45) is 0 Å². The van der Waals surface area contributed by atoms with Crippen molar-refractivity contribution in [3.8, 4) is 17.2 Å². The Morgan fingerprint density at radius 3 is 2.19 bits per heavy atom. The molecule has 2 aromatic rings. The molecule has 0 aliphatic heterocycles. The van der Waals surface area contributed by atoms with E-state index in [1.807, 2.05) is 37.5 Å². The molecule has 0 fully saturated rings. The van der Waals surface area contributed by atoms with Gasteiger partial charge in [0.15, 0.2) is 0 Å². The average molecular weight is 288 g/mol. The van der Waals surface area contributed by atoms with Gasteiger partial charge in [-0.25, -0.2) is 0 Å². The maximum absolute atomic E-state index is 5.74. The van der Waals surface area contributed by atoms with Crippen molar-refractivity contribution in [2.75, 3.05) is 21.3 Å². The first-order valence-electron chi connectivity index (χ1n) is 6.69. The lowest BCUT2D eigenvalue weighted by atomic mass is 10.2. The molecule has 0 atom stereocenters. The zero-order valence-corrected chi connectivity index (χ0v) is 12.6. The average Bonchev–Trinajstić information content (AvgIpc) is 2.54. The van der Waals surface area contributed by atoms with Crippen LogP contribution in [0.4, 0.5) is 0 Å². The van der Waals surface area contributed by atoms with Crippen LogP contribution in [0.25, 0.3) is 0 Å². The molecule has 112 valence electrons. The number of nitrogens with zero attached hydrogens (tertiary/aromatic N) is 1. The summed E-state index contributed by atoms with van der Waals surface area (Å²) in [6.45, 7) is 1.21. The van der Waals surface area contributed by atoms with Crippen LogP contribution in [-0.4, -0.2) is 26.3 Å². The molecule has 0 aliphatic carbocycles. The first kappa shape index (κ1) is 15.1. The van der Waals surface area contributed by atoms with Gasteiger partial charge in [0.25, 0.3) is 0 Å². The number of benzene rings is 1. The van der Waals surface area contributed by atoms with Crippen molar-refractivity contribution in [2.45, 2.75) is 13.2 Å². The summed E-state index contributed by atoms with van der Waals surface area (Å²) in [7, 11) is 5.13. The zero-order chi connectivity index (χ0) is 15.1. The monoisotopic (exact) mass is 288 g/mol. The lowest BCUT2D eigenvalue weighted by Crippen LogP contribution is -2.06. The summed E-state index contributed by atoms with van der Waals surface area (Å²) in [6, 6.07) is 9.44. The SMILES string of the molecule is CNCc1ccc(COc2cc(OC)cc(OC)c2)nc1. The standard InChI is InChI=1S/C16H20N2O3/c1-17-9-12-4-5-13(18-10-12)11-21-16-7-14(19-2)6-15(8-16)20-3/h4-8,10,17H,9,11H2,1-3H3. The molecule has 0 aliphatic rings. The van der Waals surface area contributed by atoms with Crippen molar-refractivity contribution in [3.05, 3.63) is 47.8 Å². The molecule has 0 spiro atoms. The number of ether oxygens (including phenoxy) is 3. The van der Waals surface area contributed by atoms with Gasteiger partial charge in [0.1, 0.15) is 23.9 Å². The van der Waals surface area contributed by atoms with Crippen LogP contribution in [0, 0.1) is 0 Å². The molecule has 1 aromatic heterocycles. The van der Waals surface area contributed by atoms with Gasteiger partial charge >= 0.3 is 0 Å². The quantitative estimate of drug-likeness (QED) is 0.848. The van der Waals surface area contributed by atoms with Crippen LogP contribution in [0.15, 0.2) is 36.5 Å². The van der Waals surface area contributed by atoms with Gasteiger partial charge in [0.05, 0.1) is 19.9 Å². The Morgan fingerprint density at radius 1 is 1.00 bits per heavy atom. The van der Waals surface area contributed by atoms with E-state index in [0.717, 1.165) is 17.8 Å². The van der Waals surface area contributed by atoms with Crippen LogP contribution in [-0.2, 0) is 13.2 Å². The van der Waals surface area contributed by atoms with E-state index < -0.39 is 0 Å². The molecule has 1 heterocycles. The van der Waals surface area contributed by atoms with E-state index in [9.17, 15) is 0 Å². The minimum atomic E-state index is 0.399. The minimum Gasteiger partial charge on any atom is -0.496 e. The van der Waals surface area contributed by atoms with Crippen LogP contribution in [0.1, 0.15) is 11.3 Å². The molecule has 0 bridgehead atoms. The number of nitrogens with one attached hydrogen (secondary N) is 1. The van der Waals surface area contributed by atoms with Crippen molar-refractivity contribution in [1.29, 1.82) is 0 Å². The Kier molecular flexibility index (Phi) is 5.40. The first-order valence-corrected chi connectivity index (χ1v) is 6.69. The second-order valence-corrected chi connectivity index (χ2v) is 4.53. The molecule has 2 rings (SSSR count). The Hall–Kier alpha value is -2.27. The lowest BCUT2D eigenvalue weighted by molar-refractivity contribution is 0.296. The fourth-order valence-electron chi connectivity index (χ4n) is 1.87. The largest absolute Gasteiger partial charge is 0.496 e. The first-order chi connectivity index (χ1) is 10.2. The highest BCUT2D eigenvalue weighted by atomic mass is 16.5. The van der Waals surface area contributed by atoms with Crippen LogP contribution in [0.2, 0.25) is 0 Å². The Balaban J connectivity index is 2.01. The van der Waals surface area contributed by atoms with Crippen molar-refractivity contribution in [1.82, 2.24) is 10.3 Å². The smallest absolute Gasteiger partial charge is 0.130 e. The van der Waals surface area contributed by atoms with E-state index in [0.29, 0.717) is 23.9 Å². The third-order valence-corrected chi connectivity index (χ3v) is 2.98. The molecule has 0 saturated heterocycles. The van der Waals surface area contributed by atoms with Crippen molar-refractivity contribution >= 4 is 0 Å². The number of hydrogen-bond acceptors (Lipinski definition) is 5. The Bertz CT molecular complexity index is 548. The molecule has 0 amide bonds. The topological polar surface area (TPSA) is 52.6 Å². The highest BCUT2D eigenvalue weighted by Crippen LogP contribution is 2.27. The summed E-state index contributed by atoms with van der Waals surface area (Å²) in [6.07, 6.45) is 1.85. The fourth-order valence-corrected chi connectivity index (χ4v) is 1.87. The van der Waals surface area contributed by atoms with Crippen LogP contribution in [0.3, 0.4) is 0 Å². The van der Waals surface area contributed by atoms with Gasteiger partial charge in [-0.05, 0) is 18.7 Å². The molecule has 0 saturated carbocycles. The molecule has 5 nitrogen and oxygen atoms in total. The maximum atomic E-state index is 5.74. The number of rotatable bonds is 7. The van der Waals surface area contributed by atoms with Gasteiger partial charge in [0, 0.05) is 30.9 Å². The van der Waals surface area contributed by atoms with Gasteiger partial charge in [-0.3, -0.25) is 4.98 Å². The molecular formula is C16H20N2O3. The number of aromatic nitrogens is 1. The maximum Gasteiger partial charge on any atom is 0.130 e. The van der Waals surface area contributed by atoms with Crippen LogP contribution in [0.5, 0.6) is 17.2 Å². The summed E-state index contributed by atoms with van der Waals surface area (Å²) >= 11 is 0. The van der Waals surface area contributed by atoms with Crippen LogP contribution >= 0.6 is 0 Å². The third kappa shape index (κ3) is 4.36. The van der Waals surface area contributed by atoms with E-state index in [4.69, 9.17) is 14.2 Å². The molecule has 5 heteroatoms. The van der Waals surface area contributed by atoms with E-state index in [1.54, 1.807) is 20.3 Å². The molecule has 0 radical (unpaired) electrons. The minimum absolute atomic E-state index is 0.399. The summed E-state index contributed by atoms with van der Waals surface area (Å²) in [4.78, 5) is 4.37. The molecule has 1 N–H and O–H groups in total. The predicted molar refractivity (Wildman–Crippen MR) is 80.9 cm³/mol. The van der Waals surface area contributed by atoms with Gasteiger partial charge in [0.2, 0.25) is 0 Å². The van der Waals surface area contributed by atoms with E-state index in [1.165, 1.54) is 0 Å². The second kappa shape index (κ2) is 7.50. The zero-order valence-electron chi connectivity index (χ0n) is 12.6. The summed E-state index contributed by atoms with van der Waals surface area (Å²) in [5.41, 5.74) is 2.01. The highest BCUT2D eigenvalue weighted by molar-refractivity contribution is 5.42. The van der Waals surface area contributed by atoms with E-state index >= 15 is 0 Å². The molecule has 0 unspecified atom stereocenters. The van der Waals surface area contributed by atoms with Gasteiger partial charge in [-0.2, -0.15) is 0 Å². The fraction of sp³-hybridized carbons (Fsp3) is 0.312. The Labute approximate surface area is 124 Å².